The number of aryl methyl sites for hydroxylation is 1. The molecule has 0 aliphatic heterocycles. The number of amides is 1. The molecule has 4 N–H and O–H groups in total. The average Bonchev–Trinajstić information content (AvgIpc) is 2.75. The van der Waals surface area contributed by atoms with Gasteiger partial charge in [0.2, 0.25) is 5.91 Å². The molecule has 0 aliphatic rings. The van der Waals surface area contributed by atoms with E-state index in [0.29, 0.717) is 10.7 Å². The summed E-state index contributed by atoms with van der Waals surface area (Å²) in [4.78, 5) is 42.1. The van der Waals surface area contributed by atoms with Gasteiger partial charge in [0.15, 0.2) is 5.69 Å². The molecular weight excluding hydrogens is 442 g/mol. The first kappa shape index (κ1) is 24.1. The Hall–Kier alpha value is -3.52. The van der Waals surface area contributed by atoms with E-state index in [0.717, 1.165) is 11.1 Å². The minimum Gasteiger partial charge on any atom is -0.383 e. The highest BCUT2D eigenvalue weighted by molar-refractivity contribution is 6.33. The summed E-state index contributed by atoms with van der Waals surface area (Å²) in [5, 5.41) is 3.52. The van der Waals surface area contributed by atoms with Gasteiger partial charge in [-0.05, 0) is 36.1 Å². The van der Waals surface area contributed by atoms with Gasteiger partial charge >= 0.3 is 5.69 Å². The summed E-state index contributed by atoms with van der Waals surface area (Å²) in [5.74, 6) is -0.386. The Kier molecular flexibility index (Phi) is 7.60. The van der Waals surface area contributed by atoms with Crippen molar-refractivity contribution >= 4 is 34.7 Å². The lowest BCUT2D eigenvalue weighted by Crippen LogP contribution is -2.44. The van der Waals surface area contributed by atoms with Crippen LogP contribution in [0.4, 0.5) is 17.2 Å². The van der Waals surface area contributed by atoms with E-state index in [1.54, 1.807) is 12.1 Å². The number of hydrogen-bond donors (Lipinski definition) is 3. The molecule has 0 saturated heterocycles. The molecule has 33 heavy (non-hydrogen) atoms. The number of carbonyl (C=O) groups excluding carboxylic acids is 1. The number of aromatic amines is 1. The molecule has 2 aromatic carbocycles. The van der Waals surface area contributed by atoms with Gasteiger partial charge in [0.25, 0.3) is 5.56 Å². The number of aromatic nitrogens is 2. The summed E-state index contributed by atoms with van der Waals surface area (Å²) in [6.45, 7) is 6.08. The van der Waals surface area contributed by atoms with Crippen LogP contribution < -0.4 is 27.2 Å². The Balaban J connectivity index is 1.95. The first-order valence-electron chi connectivity index (χ1n) is 10.6. The number of nitrogens with zero attached hydrogens (tertiary/aromatic N) is 2. The highest BCUT2D eigenvalue weighted by Gasteiger charge is 2.25. The van der Waals surface area contributed by atoms with Crippen molar-refractivity contribution in [2.75, 3.05) is 29.0 Å². The Morgan fingerprint density at radius 3 is 2.52 bits per heavy atom. The van der Waals surface area contributed by atoms with Crippen LogP contribution in [-0.2, 0) is 11.3 Å². The number of rotatable bonds is 8. The third-order valence-corrected chi connectivity index (χ3v) is 5.38. The predicted molar refractivity (Wildman–Crippen MR) is 133 cm³/mol. The number of nitrogens with one attached hydrogen (secondary N) is 2. The Morgan fingerprint density at radius 2 is 1.88 bits per heavy atom. The molecule has 3 rings (SSSR count). The fraction of sp³-hybridized carbons (Fsp3) is 0.292. The van der Waals surface area contributed by atoms with E-state index >= 15 is 0 Å². The van der Waals surface area contributed by atoms with E-state index in [9.17, 15) is 14.4 Å². The number of hydrogen-bond acceptors (Lipinski definition) is 5. The van der Waals surface area contributed by atoms with Crippen LogP contribution in [0, 0.1) is 12.8 Å². The second-order valence-electron chi connectivity index (χ2n) is 8.30. The summed E-state index contributed by atoms with van der Waals surface area (Å²) < 4.78 is 1.26. The molecular formula is C24H28ClN5O3. The van der Waals surface area contributed by atoms with E-state index in [1.165, 1.54) is 9.47 Å². The third kappa shape index (κ3) is 5.84. The lowest BCUT2D eigenvalue weighted by molar-refractivity contribution is -0.117. The zero-order chi connectivity index (χ0) is 24.1. The molecule has 1 heterocycles. The van der Waals surface area contributed by atoms with Crippen LogP contribution in [0.1, 0.15) is 25.0 Å². The molecule has 0 saturated carbocycles. The van der Waals surface area contributed by atoms with E-state index < -0.39 is 11.2 Å². The molecule has 0 atom stereocenters. The topological polar surface area (TPSA) is 113 Å². The van der Waals surface area contributed by atoms with E-state index in [1.807, 2.05) is 57.2 Å². The molecule has 174 valence electrons. The van der Waals surface area contributed by atoms with Gasteiger partial charge in [-0.3, -0.25) is 19.1 Å². The smallest absolute Gasteiger partial charge is 0.330 e. The van der Waals surface area contributed by atoms with Crippen molar-refractivity contribution in [2.45, 2.75) is 27.3 Å². The van der Waals surface area contributed by atoms with Gasteiger partial charge in [-0.25, -0.2) is 4.79 Å². The Labute approximate surface area is 197 Å². The second-order valence-corrected chi connectivity index (χ2v) is 8.71. The highest BCUT2D eigenvalue weighted by atomic mass is 35.5. The molecule has 0 unspecified atom stereocenters. The number of anilines is 3. The highest BCUT2D eigenvalue weighted by Crippen LogP contribution is 2.23. The number of nitrogens with two attached hydrogens (primary N) is 1. The van der Waals surface area contributed by atoms with Crippen molar-refractivity contribution in [1.82, 2.24) is 9.55 Å². The molecule has 0 spiro atoms. The molecule has 0 aliphatic carbocycles. The van der Waals surface area contributed by atoms with Gasteiger partial charge in [0.1, 0.15) is 5.82 Å². The molecule has 1 amide bonds. The monoisotopic (exact) mass is 469 g/mol. The van der Waals surface area contributed by atoms with E-state index in [-0.39, 0.29) is 43.0 Å². The number of halogens is 1. The summed E-state index contributed by atoms with van der Waals surface area (Å²) in [7, 11) is 0. The van der Waals surface area contributed by atoms with E-state index in [4.69, 9.17) is 17.3 Å². The summed E-state index contributed by atoms with van der Waals surface area (Å²) in [5.41, 5.74) is 7.37. The van der Waals surface area contributed by atoms with Crippen molar-refractivity contribution in [3.63, 3.8) is 0 Å². The number of carbonyl (C=O) groups is 1. The van der Waals surface area contributed by atoms with Crippen molar-refractivity contribution in [1.29, 1.82) is 0 Å². The molecule has 9 heteroatoms. The van der Waals surface area contributed by atoms with Crippen LogP contribution in [0.15, 0.2) is 58.1 Å². The summed E-state index contributed by atoms with van der Waals surface area (Å²) in [6, 6.07) is 14.7. The molecule has 8 nitrogen and oxygen atoms in total. The second kappa shape index (κ2) is 10.4. The first-order chi connectivity index (χ1) is 15.7. The molecule has 0 radical (unpaired) electrons. The van der Waals surface area contributed by atoms with Crippen LogP contribution in [0.5, 0.6) is 0 Å². The van der Waals surface area contributed by atoms with Crippen LogP contribution in [0.3, 0.4) is 0 Å². The van der Waals surface area contributed by atoms with Crippen LogP contribution >= 0.6 is 11.6 Å². The maximum atomic E-state index is 13.2. The maximum Gasteiger partial charge on any atom is 0.330 e. The minimum absolute atomic E-state index is 0.0407. The molecule has 0 bridgehead atoms. The molecule has 3 aromatic rings. The van der Waals surface area contributed by atoms with E-state index in [2.05, 4.69) is 10.3 Å². The minimum atomic E-state index is -0.704. The first-order valence-corrected chi connectivity index (χ1v) is 11.0. The van der Waals surface area contributed by atoms with Crippen molar-refractivity contribution in [3.8, 4) is 0 Å². The normalized spacial score (nSPS) is 10.9. The van der Waals surface area contributed by atoms with Crippen molar-refractivity contribution in [2.24, 2.45) is 5.92 Å². The quantitative estimate of drug-likeness (QED) is 0.468. The number of nitrogen functional groups attached to an aromatic ring is 1. The summed E-state index contributed by atoms with van der Waals surface area (Å²) in [6.07, 6.45) is 0. The third-order valence-electron chi connectivity index (χ3n) is 5.07. The van der Waals surface area contributed by atoms with Gasteiger partial charge in [0, 0.05) is 6.54 Å². The van der Waals surface area contributed by atoms with Gasteiger partial charge < -0.3 is 16.0 Å². The lowest BCUT2D eigenvalue weighted by Gasteiger charge is -2.26. The molecule has 0 fully saturated rings. The van der Waals surface area contributed by atoms with Gasteiger partial charge in [0.05, 0.1) is 23.8 Å². The van der Waals surface area contributed by atoms with Crippen LogP contribution in [-0.4, -0.2) is 28.5 Å². The number of benzene rings is 2. The largest absolute Gasteiger partial charge is 0.383 e. The Morgan fingerprint density at radius 1 is 1.18 bits per heavy atom. The number of H-pyrrole nitrogens is 1. The zero-order valence-corrected chi connectivity index (χ0v) is 19.6. The van der Waals surface area contributed by atoms with Crippen molar-refractivity contribution < 1.29 is 4.79 Å². The lowest BCUT2D eigenvalue weighted by atomic mass is 10.2. The van der Waals surface area contributed by atoms with Crippen molar-refractivity contribution in [3.05, 3.63) is 85.5 Å². The SMILES string of the molecule is Cc1ccc(NCC(=O)N(CC(C)C)c2c(N)n(Cc3ccccc3)c(=O)[nH]c2=O)c(Cl)c1. The molecule has 1 aromatic heterocycles. The zero-order valence-electron chi connectivity index (χ0n) is 18.9. The summed E-state index contributed by atoms with van der Waals surface area (Å²) >= 11 is 6.26. The van der Waals surface area contributed by atoms with Crippen LogP contribution in [0.2, 0.25) is 5.02 Å². The Bertz CT molecular complexity index is 1250. The average molecular weight is 470 g/mol. The predicted octanol–water partition coefficient (Wildman–Crippen LogP) is 3.23. The van der Waals surface area contributed by atoms with Gasteiger partial charge in [-0.2, -0.15) is 0 Å². The maximum absolute atomic E-state index is 13.2. The fourth-order valence-electron chi connectivity index (χ4n) is 3.47. The van der Waals surface area contributed by atoms with Gasteiger partial charge in [-0.1, -0.05) is 61.8 Å². The standard InChI is InChI=1S/C24H28ClN5O3/c1-15(2)13-29(20(31)12-27-19-10-9-16(3)11-18(19)25)21-22(26)30(24(33)28-23(21)32)14-17-7-5-4-6-8-17/h4-11,15,27H,12-14,26H2,1-3H3,(H,28,32,33). The fourth-order valence-corrected chi connectivity index (χ4v) is 3.78. The van der Waals surface area contributed by atoms with Gasteiger partial charge in [-0.15, -0.1) is 0 Å². The van der Waals surface area contributed by atoms with Crippen LogP contribution in [0.25, 0.3) is 0 Å².